The smallest absolute Gasteiger partial charge is 0.184 e. The van der Waals surface area contributed by atoms with Crippen LogP contribution in [0.2, 0.25) is 0 Å². The van der Waals surface area contributed by atoms with E-state index in [1.807, 2.05) is 6.21 Å². The molecule has 0 heterocycles. The molecule has 0 spiro atoms. The molecule has 1 fully saturated rings. The third-order valence-electron chi connectivity index (χ3n) is 1.61. The van der Waals surface area contributed by atoms with Crippen LogP contribution in [0.3, 0.4) is 0 Å². The number of hydrazone groups is 1. The number of nitrogens with one attached hydrogen (secondary N) is 1. The van der Waals surface area contributed by atoms with Crippen LogP contribution in [0.25, 0.3) is 0 Å². The highest BCUT2D eigenvalue weighted by atomic mass is 32.1. The zero-order valence-corrected chi connectivity index (χ0v) is 6.53. The predicted octanol–water partition coefficient (Wildman–Crippen LogP) is 0.605. The van der Waals surface area contributed by atoms with E-state index >= 15 is 0 Å². The summed E-state index contributed by atoms with van der Waals surface area (Å²) in [5.74, 6) is 0.654. The van der Waals surface area contributed by atoms with Gasteiger partial charge in [0.25, 0.3) is 0 Å². The van der Waals surface area contributed by atoms with E-state index in [1.54, 1.807) is 0 Å². The van der Waals surface area contributed by atoms with Gasteiger partial charge in [-0.25, -0.2) is 0 Å². The zero-order chi connectivity index (χ0) is 7.40. The second-order valence-corrected chi connectivity index (χ2v) is 2.89. The molecule has 4 heteroatoms. The summed E-state index contributed by atoms with van der Waals surface area (Å²) in [4.78, 5) is 0. The Morgan fingerprint density at radius 3 is 2.80 bits per heavy atom. The molecule has 3 N–H and O–H groups in total. The average molecular weight is 157 g/mol. The lowest BCUT2D eigenvalue weighted by Crippen LogP contribution is -2.25. The van der Waals surface area contributed by atoms with Gasteiger partial charge < -0.3 is 5.73 Å². The molecule has 0 unspecified atom stereocenters. The van der Waals surface area contributed by atoms with Gasteiger partial charge in [0.05, 0.1) is 0 Å². The Kier molecular flexibility index (Phi) is 2.62. The highest BCUT2D eigenvalue weighted by Crippen LogP contribution is 2.23. The summed E-state index contributed by atoms with van der Waals surface area (Å²) in [6.07, 6.45) is 5.71. The van der Waals surface area contributed by atoms with Crippen molar-refractivity contribution < 1.29 is 0 Å². The first-order chi connectivity index (χ1) is 4.79. The number of thiocarbonyl (C=S) groups is 1. The van der Waals surface area contributed by atoms with Gasteiger partial charge in [0.2, 0.25) is 0 Å². The molecule has 56 valence electrons. The molecule has 1 rings (SSSR count). The first kappa shape index (κ1) is 7.47. The van der Waals surface area contributed by atoms with Crippen molar-refractivity contribution in [3.05, 3.63) is 0 Å². The molecule has 1 aliphatic carbocycles. The van der Waals surface area contributed by atoms with Gasteiger partial charge in [-0.2, -0.15) is 5.10 Å². The lowest BCUT2D eigenvalue weighted by Gasteiger charge is -2.19. The van der Waals surface area contributed by atoms with Crippen LogP contribution in [0, 0.1) is 5.92 Å². The normalized spacial score (nSPS) is 18.8. The monoisotopic (exact) mass is 157 g/mol. The number of rotatable bonds is 2. The maximum atomic E-state index is 5.14. The van der Waals surface area contributed by atoms with E-state index in [-0.39, 0.29) is 5.11 Å². The highest BCUT2D eigenvalue weighted by molar-refractivity contribution is 7.80. The van der Waals surface area contributed by atoms with Crippen molar-refractivity contribution in [3.8, 4) is 0 Å². The summed E-state index contributed by atoms with van der Waals surface area (Å²) in [7, 11) is 0. The van der Waals surface area contributed by atoms with Crippen molar-refractivity contribution >= 4 is 23.5 Å². The van der Waals surface area contributed by atoms with E-state index in [0.717, 1.165) is 0 Å². The van der Waals surface area contributed by atoms with Gasteiger partial charge in [0.1, 0.15) is 0 Å². The third-order valence-corrected chi connectivity index (χ3v) is 1.70. The van der Waals surface area contributed by atoms with Gasteiger partial charge in [0.15, 0.2) is 5.11 Å². The maximum Gasteiger partial charge on any atom is 0.184 e. The minimum Gasteiger partial charge on any atom is -0.375 e. The SMILES string of the molecule is NC(=S)NN=CC1CCC1. The number of hydrogen-bond acceptors (Lipinski definition) is 2. The van der Waals surface area contributed by atoms with Gasteiger partial charge in [-0.1, -0.05) is 6.42 Å². The first-order valence-electron chi connectivity index (χ1n) is 3.37. The van der Waals surface area contributed by atoms with E-state index in [2.05, 4.69) is 22.7 Å². The molecule has 0 bridgehead atoms. The second-order valence-electron chi connectivity index (χ2n) is 2.45. The Labute approximate surface area is 65.7 Å². The summed E-state index contributed by atoms with van der Waals surface area (Å²) < 4.78 is 0. The van der Waals surface area contributed by atoms with Crippen molar-refractivity contribution in [2.24, 2.45) is 16.8 Å². The van der Waals surface area contributed by atoms with Crippen LogP contribution in [0.1, 0.15) is 19.3 Å². The Balaban J connectivity index is 2.10. The molecule has 0 aromatic carbocycles. The lowest BCUT2D eigenvalue weighted by atomic mass is 9.87. The van der Waals surface area contributed by atoms with E-state index < -0.39 is 0 Å². The summed E-state index contributed by atoms with van der Waals surface area (Å²) >= 11 is 4.55. The van der Waals surface area contributed by atoms with Gasteiger partial charge in [-0.15, -0.1) is 0 Å². The fraction of sp³-hybridized carbons (Fsp3) is 0.667. The molecule has 0 amide bonds. The zero-order valence-electron chi connectivity index (χ0n) is 5.71. The van der Waals surface area contributed by atoms with Gasteiger partial charge in [-0.3, -0.25) is 5.43 Å². The lowest BCUT2D eigenvalue weighted by molar-refractivity contribution is 0.420. The van der Waals surface area contributed by atoms with E-state index in [9.17, 15) is 0 Å². The van der Waals surface area contributed by atoms with E-state index in [4.69, 9.17) is 5.73 Å². The number of nitrogens with two attached hydrogens (primary N) is 1. The molecule has 10 heavy (non-hydrogen) atoms. The molecule has 1 aliphatic rings. The minimum atomic E-state index is 0.232. The molecular weight excluding hydrogens is 146 g/mol. The van der Waals surface area contributed by atoms with Gasteiger partial charge in [0, 0.05) is 6.21 Å². The van der Waals surface area contributed by atoms with Crippen molar-refractivity contribution in [2.75, 3.05) is 0 Å². The molecule has 3 nitrogen and oxygen atoms in total. The van der Waals surface area contributed by atoms with Crippen LogP contribution >= 0.6 is 12.2 Å². The predicted molar refractivity (Wildman–Crippen MR) is 45.8 cm³/mol. The number of hydrogen-bond donors (Lipinski definition) is 2. The van der Waals surface area contributed by atoms with Crippen molar-refractivity contribution in [1.82, 2.24) is 5.43 Å². The summed E-state index contributed by atoms with van der Waals surface area (Å²) in [6.45, 7) is 0. The maximum absolute atomic E-state index is 5.14. The Bertz CT molecular complexity index is 151. The Hall–Kier alpha value is -0.640. The van der Waals surface area contributed by atoms with Crippen molar-refractivity contribution in [3.63, 3.8) is 0 Å². The van der Waals surface area contributed by atoms with Crippen molar-refractivity contribution in [2.45, 2.75) is 19.3 Å². The van der Waals surface area contributed by atoms with Crippen LogP contribution in [0.15, 0.2) is 5.10 Å². The highest BCUT2D eigenvalue weighted by Gasteiger charge is 2.14. The van der Waals surface area contributed by atoms with E-state index in [0.29, 0.717) is 5.92 Å². The molecule has 0 aliphatic heterocycles. The second kappa shape index (κ2) is 3.51. The fourth-order valence-corrected chi connectivity index (χ4v) is 0.848. The topological polar surface area (TPSA) is 50.4 Å². The van der Waals surface area contributed by atoms with E-state index in [1.165, 1.54) is 19.3 Å². The minimum absolute atomic E-state index is 0.232. The number of nitrogens with zero attached hydrogens (tertiary/aromatic N) is 1. The fourth-order valence-electron chi connectivity index (χ4n) is 0.795. The Morgan fingerprint density at radius 1 is 1.70 bits per heavy atom. The standard InChI is InChI=1S/C6H11N3S/c7-6(10)9-8-4-5-2-1-3-5/h4-5H,1-3H2,(H3,7,9,10). The van der Waals surface area contributed by atoms with Crippen LogP contribution in [-0.4, -0.2) is 11.3 Å². The molecule has 0 aromatic rings. The van der Waals surface area contributed by atoms with Crippen molar-refractivity contribution in [1.29, 1.82) is 0 Å². The molecule has 0 atom stereocenters. The van der Waals surface area contributed by atoms with Crippen LogP contribution < -0.4 is 11.2 Å². The summed E-state index contributed by atoms with van der Waals surface area (Å²) in [5.41, 5.74) is 7.67. The summed E-state index contributed by atoms with van der Waals surface area (Å²) in [5, 5.41) is 4.08. The first-order valence-corrected chi connectivity index (χ1v) is 3.78. The van der Waals surface area contributed by atoms with Crippen LogP contribution in [-0.2, 0) is 0 Å². The average Bonchev–Trinajstić information content (AvgIpc) is 1.75. The van der Waals surface area contributed by atoms with Gasteiger partial charge in [-0.05, 0) is 31.0 Å². The third kappa shape index (κ3) is 2.31. The molecule has 0 aromatic heterocycles. The van der Waals surface area contributed by atoms with Crippen LogP contribution in [0.5, 0.6) is 0 Å². The molecular formula is C6H11N3S. The Morgan fingerprint density at radius 2 is 2.40 bits per heavy atom. The molecule has 0 saturated heterocycles. The van der Waals surface area contributed by atoms with Gasteiger partial charge >= 0.3 is 0 Å². The largest absolute Gasteiger partial charge is 0.375 e. The molecule has 1 saturated carbocycles. The molecule has 0 radical (unpaired) electrons. The summed E-state index contributed by atoms with van der Waals surface area (Å²) in [6, 6.07) is 0. The van der Waals surface area contributed by atoms with Crippen LogP contribution in [0.4, 0.5) is 0 Å². The quantitative estimate of drug-likeness (QED) is 0.351.